The number of aromatic nitrogens is 3. The summed E-state index contributed by atoms with van der Waals surface area (Å²) in [6.45, 7) is 1.98. The number of rotatable bonds is 3. The highest BCUT2D eigenvalue weighted by molar-refractivity contribution is 5.61. The molecule has 0 atom stereocenters. The fourth-order valence-electron chi connectivity index (χ4n) is 2.22. The fourth-order valence-corrected chi connectivity index (χ4v) is 2.22. The van der Waals surface area contributed by atoms with Crippen molar-refractivity contribution in [1.82, 2.24) is 14.5 Å². The lowest BCUT2D eigenvalue weighted by atomic mass is 10.2. The van der Waals surface area contributed by atoms with E-state index in [-0.39, 0.29) is 11.3 Å². The van der Waals surface area contributed by atoms with Crippen molar-refractivity contribution in [3.63, 3.8) is 0 Å². The molecule has 0 aliphatic carbocycles. The first-order chi connectivity index (χ1) is 11.1. The molecule has 6 nitrogen and oxygen atoms in total. The molecule has 1 aromatic carbocycles. The average molecular weight is 308 g/mol. The molecule has 0 aliphatic heterocycles. The van der Waals surface area contributed by atoms with Crippen molar-refractivity contribution in [1.29, 1.82) is 0 Å². The van der Waals surface area contributed by atoms with Gasteiger partial charge in [-0.15, -0.1) is 0 Å². The Morgan fingerprint density at radius 3 is 2.57 bits per heavy atom. The van der Waals surface area contributed by atoms with Crippen molar-refractivity contribution < 1.29 is 5.11 Å². The quantitative estimate of drug-likeness (QED) is 0.777. The van der Waals surface area contributed by atoms with Gasteiger partial charge in [-0.25, -0.2) is 4.98 Å². The first-order valence-corrected chi connectivity index (χ1v) is 7.10. The molecular formula is C17H16N4O2. The Hall–Kier alpha value is -3.15. The predicted molar refractivity (Wildman–Crippen MR) is 88.8 cm³/mol. The van der Waals surface area contributed by atoms with Crippen LogP contribution in [-0.4, -0.2) is 19.6 Å². The average Bonchev–Trinajstić information content (AvgIpc) is 2.55. The van der Waals surface area contributed by atoms with Gasteiger partial charge in [-0.1, -0.05) is 18.2 Å². The lowest BCUT2D eigenvalue weighted by molar-refractivity contribution is 0.473. The molecule has 0 bridgehead atoms. The second kappa shape index (κ2) is 5.92. The third-order valence-electron chi connectivity index (χ3n) is 3.58. The molecule has 3 rings (SSSR count). The highest BCUT2D eigenvalue weighted by Gasteiger charge is 2.11. The Labute approximate surface area is 133 Å². The van der Waals surface area contributed by atoms with Gasteiger partial charge in [-0.05, 0) is 30.7 Å². The van der Waals surface area contributed by atoms with E-state index in [2.05, 4.69) is 15.3 Å². The molecule has 2 heterocycles. The molecule has 3 aromatic rings. The van der Waals surface area contributed by atoms with Crippen LogP contribution in [0.25, 0.3) is 11.3 Å². The van der Waals surface area contributed by atoms with Crippen molar-refractivity contribution in [2.75, 3.05) is 5.32 Å². The Bertz CT molecular complexity index is 901. The standard InChI is InChI=1S/C17H16N4O2/c1-11-5-3-4-6-14(11)20-17-19-10-13(16(23)21(17)2)15-8-7-12(22)9-18-15/h3-10,22H,1-2H3,(H,19,20). The summed E-state index contributed by atoms with van der Waals surface area (Å²) in [4.78, 5) is 20.9. The molecule has 0 saturated carbocycles. The van der Waals surface area contributed by atoms with Crippen molar-refractivity contribution >= 4 is 11.6 Å². The zero-order valence-corrected chi connectivity index (χ0v) is 12.8. The second-order valence-corrected chi connectivity index (χ2v) is 5.20. The number of benzene rings is 1. The normalized spacial score (nSPS) is 10.5. The summed E-state index contributed by atoms with van der Waals surface area (Å²) in [6, 6.07) is 10.9. The largest absolute Gasteiger partial charge is 0.506 e. The predicted octanol–water partition coefficient (Wildman–Crippen LogP) is 2.60. The molecule has 2 N–H and O–H groups in total. The van der Waals surface area contributed by atoms with Crippen molar-refractivity contribution in [3.8, 4) is 17.0 Å². The van der Waals surface area contributed by atoms with Crippen LogP contribution in [0, 0.1) is 6.92 Å². The van der Waals surface area contributed by atoms with Gasteiger partial charge < -0.3 is 10.4 Å². The van der Waals surface area contributed by atoms with E-state index in [9.17, 15) is 9.90 Å². The van der Waals surface area contributed by atoms with Gasteiger partial charge >= 0.3 is 0 Å². The molecular weight excluding hydrogens is 292 g/mol. The molecule has 0 amide bonds. The summed E-state index contributed by atoms with van der Waals surface area (Å²) >= 11 is 0. The number of pyridine rings is 1. The molecule has 0 saturated heterocycles. The minimum atomic E-state index is -0.214. The summed E-state index contributed by atoms with van der Waals surface area (Å²) in [6.07, 6.45) is 2.79. The van der Waals surface area contributed by atoms with E-state index >= 15 is 0 Å². The van der Waals surface area contributed by atoms with E-state index in [1.165, 1.54) is 23.0 Å². The number of nitrogens with one attached hydrogen (secondary N) is 1. The SMILES string of the molecule is Cc1ccccc1Nc1ncc(-c2ccc(O)cn2)c(=O)n1C. The molecule has 0 radical (unpaired) electrons. The lowest BCUT2D eigenvalue weighted by Crippen LogP contribution is -2.22. The van der Waals surface area contributed by atoms with Gasteiger partial charge in [0.25, 0.3) is 5.56 Å². The monoisotopic (exact) mass is 308 g/mol. The van der Waals surface area contributed by atoms with Crippen LogP contribution in [0.2, 0.25) is 0 Å². The van der Waals surface area contributed by atoms with E-state index < -0.39 is 0 Å². The highest BCUT2D eigenvalue weighted by atomic mass is 16.3. The molecule has 0 spiro atoms. The van der Waals surface area contributed by atoms with Crippen LogP contribution < -0.4 is 10.9 Å². The number of aromatic hydroxyl groups is 1. The Kier molecular flexibility index (Phi) is 3.80. The van der Waals surface area contributed by atoms with Crippen LogP contribution in [0.5, 0.6) is 5.75 Å². The van der Waals surface area contributed by atoms with Gasteiger partial charge in [0.15, 0.2) is 0 Å². The van der Waals surface area contributed by atoms with E-state index in [1.54, 1.807) is 13.1 Å². The van der Waals surface area contributed by atoms with E-state index in [0.29, 0.717) is 17.2 Å². The number of aryl methyl sites for hydroxylation is 1. The molecule has 0 fully saturated rings. The molecule has 0 unspecified atom stereocenters. The fraction of sp³-hybridized carbons (Fsp3) is 0.118. The van der Waals surface area contributed by atoms with Crippen LogP contribution in [0.1, 0.15) is 5.56 Å². The number of anilines is 2. The molecule has 0 aliphatic rings. The van der Waals surface area contributed by atoms with Gasteiger partial charge in [0.05, 0.1) is 17.5 Å². The zero-order valence-electron chi connectivity index (χ0n) is 12.8. The van der Waals surface area contributed by atoms with Crippen LogP contribution in [-0.2, 0) is 7.05 Å². The summed E-state index contributed by atoms with van der Waals surface area (Å²) < 4.78 is 1.44. The Balaban J connectivity index is 2.00. The molecule has 23 heavy (non-hydrogen) atoms. The maximum Gasteiger partial charge on any atom is 0.264 e. The van der Waals surface area contributed by atoms with Gasteiger partial charge in [0.2, 0.25) is 5.95 Å². The maximum atomic E-state index is 12.5. The van der Waals surface area contributed by atoms with E-state index in [1.807, 2.05) is 31.2 Å². The Morgan fingerprint density at radius 1 is 1.09 bits per heavy atom. The zero-order chi connectivity index (χ0) is 16.4. The smallest absolute Gasteiger partial charge is 0.264 e. The number of hydrogen-bond donors (Lipinski definition) is 2. The summed E-state index contributed by atoms with van der Waals surface area (Å²) in [5, 5.41) is 12.5. The van der Waals surface area contributed by atoms with Crippen LogP contribution in [0.4, 0.5) is 11.6 Å². The van der Waals surface area contributed by atoms with Crippen LogP contribution >= 0.6 is 0 Å². The first kappa shape index (κ1) is 14.8. The van der Waals surface area contributed by atoms with E-state index in [4.69, 9.17) is 0 Å². The van der Waals surface area contributed by atoms with Gasteiger partial charge in [0.1, 0.15) is 5.75 Å². The van der Waals surface area contributed by atoms with Crippen LogP contribution in [0.15, 0.2) is 53.6 Å². The van der Waals surface area contributed by atoms with Crippen LogP contribution in [0.3, 0.4) is 0 Å². The van der Waals surface area contributed by atoms with E-state index in [0.717, 1.165) is 11.3 Å². The summed E-state index contributed by atoms with van der Waals surface area (Å²) in [5.41, 5.74) is 2.59. The molecule has 116 valence electrons. The van der Waals surface area contributed by atoms with Crippen molar-refractivity contribution in [2.24, 2.45) is 7.05 Å². The van der Waals surface area contributed by atoms with Gasteiger partial charge in [-0.2, -0.15) is 0 Å². The Morgan fingerprint density at radius 2 is 1.87 bits per heavy atom. The topological polar surface area (TPSA) is 80.0 Å². The second-order valence-electron chi connectivity index (χ2n) is 5.20. The van der Waals surface area contributed by atoms with Crippen molar-refractivity contribution in [3.05, 3.63) is 64.7 Å². The minimum Gasteiger partial charge on any atom is -0.506 e. The lowest BCUT2D eigenvalue weighted by Gasteiger charge is -2.12. The third kappa shape index (κ3) is 2.91. The highest BCUT2D eigenvalue weighted by Crippen LogP contribution is 2.19. The van der Waals surface area contributed by atoms with Crippen molar-refractivity contribution in [2.45, 2.75) is 6.92 Å². The third-order valence-corrected chi connectivity index (χ3v) is 3.58. The molecule has 6 heteroatoms. The maximum absolute atomic E-state index is 12.5. The summed E-state index contributed by atoms with van der Waals surface area (Å²) in [5.74, 6) is 0.503. The number of hydrogen-bond acceptors (Lipinski definition) is 5. The number of nitrogens with zero attached hydrogens (tertiary/aromatic N) is 3. The first-order valence-electron chi connectivity index (χ1n) is 7.10. The van der Waals surface area contributed by atoms with Gasteiger partial charge in [-0.3, -0.25) is 14.3 Å². The summed E-state index contributed by atoms with van der Waals surface area (Å²) in [7, 11) is 1.65. The molecule has 2 aromatic heterocycles. The number of para-hydroxylation sites is 1. The minimum absolute atomic E-state index is 0.0522. The van der Waals surface area contributed by atoms with Gasteiger partial charge in [0, 0.05) is 18.9 Å².